The lowest BCUT2D eigenvalue weighted by Crippen LogP contribution is -2.30. The van der Waals surface area contributed by atoms with E-state index in [1.165, 1.54) is 31.2 Å². The second-order valence-electron chi connectivity index (χ2n) is 4.97. The quantitative estimate of drug-likeness (QED) is 0.809. The van der Waals surface area contributed by atoms with E-state index in [1.54, 1.807) is 11.1 Å². The second kappa shape index (κ2) is 5.01. The summed E-state index contributed by atoms with van der Waals surface area (Å²) in [6.07, 6.45) is 4.98. The van der Waals surface area contributed by atoms with E-state index in [4.69, 9.17) is 0 Å². The minimum absolute atomic E-state index is 0.597. The number of aryl methyl sites for hydroxylation is 2. The predicted molar refractivity (Wildman–Crippen MR) is 69.7 cm³/mol. The molecule has 1 aliphatic carbocycles. The third kappa shape index (κ3) is 2.30. The number of nitrogens with one attached hydrogen (secondary N) is 1. The summed E-state index contributed by atoms with van der Waals surface area (Å²) in [6, 6.07) is 8.18. The van der Waals surface area contributed by atoms with Gasteiger partial charge in [0, 0.05) is 12.1 Å². The Morgan fingerprint density at radius 2 is 2.06 bits per heavy atom. The first-order valence-electron chi connectivity index (χ1n) is 6.60. The molecule has 0 bridgehead atoms. The van der Waals surface area contributed by atoms with E-state index in [1.807, 2.05) is 0 Å². The molecule has 1 heteroatoms. The largest absolute Gasteiger partial charge is 0.307 e. The van der Waals surface area contributed by atoms with Crippen LogP contribution < -0.4 is 5.32 Å². The zero-order valence-electron chi connectivity index (χ0n) is 10.7. The summed E-state index contributed by atoms with van der Waals surface area (Å²) in [4.78, 5) is 0. The van der Waals surface area contributed by atoms with Crippen LogP contribution in [0.5, 0.6) is 0 Å². The van der Waals surface area contributed by atoms with Crippen molar-refractivity contribution in [1.29, 1.82) is 0 Å². The summed E-state index contributed by atoms with van der Waals surface area (Å²) in [5.74, 6) is 0. The van der Waals surface area contributed by atoms with Crippen LogP contribution in [-0.2, 0) is 6.42 Å². The molecular weight excluding hydrogens is 194 g/mol. The van der Waals surface area contributed by atoms with Crippen LogP contribution >= 0.6 is 0 Å². The third-order valence-electron chi connectivity index (χ3n) is 3.80. The van der Waals surface area contributed by atoms with Crippen molar-refractivity contribution in [1.82, 2.24) is 5.32 Å². The van der Waals surface area contributed by atoms with Gasteiger partial charge in [0.15, 0.2) is 0 Å². The van der Waals surface area contributed by atoms with Crippen LogP contribution in [0.15, 0.2) is 18.2 Å². The molecular formula is C15H23N. The maximum atomic E-state index is 3.80. The average molecular weight is 217 g/mol. The molecule has 1 aliphatic rings. The molecule has 1 atom stereocenters. The predicted octanol–water partition coefficient (Wildman–Crippen LogP) is 3.76. The molecule has 2 rings (SSSR count). The lowest BCUT2D eigenvalue weighted by atomic mass is 10.0. The van der Waals surface area contributed by atoms with Gasteiger partial charge in [0.25, 0.3) is 0 Å². The van der Waals surface area contributed by atoms with Crippen LogP contribution in [0.4, 0.5) is 0 Å². The smallest absolute Gasteiger partial charge is 0.0328 e. The van der Waals surface area contributed by atoms with Crippen molar-refractivity contribution in [2.45, 2.75) is 58.5 Å². The summed E-state index contributed by atoms with van der Waals surface area (Å²) < 4.78 is 0. The van der Waals surface area contributed by atoms with Gasteiger partial charge in [0.05, 0.1) is 0 Å². The van der Waals surface area contributed by atoms with E-state index in [0.717, 1.165) is 0 Å². The van der Waals surface area contributed by atoms with Crippen LogP contribution in [0.1, 0.15) is 55.8 Å². The monoisotopic (exact) mass is 217 g/mol. The Bertz CT molecular complexity index is 352. The van der Waals surface area contributed by atoms with Crippen molar-refractivity contribution in [2.24, 2.45) is 0 Å². The van der Waals surface area contributed by atoms with Gasteiger partial charge in [-0.2, -0.15) is 0 Å². The van der Waals surface area contributed by atoms with Crippen LogP contribution in [-0.4, -0.2) is 6.04 Å². The van der Waals surface area contributed by atoms with Crippen LogP contribution in [0, 0.1) is 6.92 Å². The Balaban J connectivity index is 2.13. The fraction of sp³-hybridized carbons (Fsp3) is 0.600. The number of fused-ring (bicyclic) bond motifs is 1. The minimum Gasteiger partial charge on any atom is -0.307 e. The van der Waals surface area contributed by atoms with Crippen molar-refractivity contribution in [3.05, 3.63) is 34.9 Å². The summed E-state index contributed by atoms with van der Waals surface area (Å²) in [7, 11) is 0. The molecule has 0 saturated carbocycles. The maximum absolute atomic E-state index is 3.80. The zero-order chi connectivity index (χ0) is 11.5. The van der Waals surface area contributed by atoms with Gasteiger partial charge >= 0.3 is 0 Å². The molecule has 1 aromatic carbocycles. The fourth-order valence-electron chi connectivity index (χ4n) is 2.70. The SMILES string of the molecule is CCC(CC)NC1CCc2ccc(C)cc21. The Morgan fingerprint density at radius 1 is 1.31 bits per heavy atom. The highest BCUT2D eigenvalue weighted by atomic mass is 15.0. The second-order valence-corrected chi connectivity index (χ2v) is 4.97. The molecule has 0 aliphatic heterocycles. The molecule has 0 radical (unpaired) electrons. The molecule has 0 fully saturated rings. The molecule has 1 aromatic rings. The van der Waals surface area contributed by atoms with Gasteiger partial charge < -0.3 is 5.32 Å². The average Bonchev–Trinajstić information content (AvgIpc) is 2.68. The van der Waals surface area contributed by atoms with Gasteiger partial charge in [0.2, 0.25) is 0 Å². The Kier molecular flexibility index (Phi) is 3.65. The van der Waals surface area contributed by atoms with Gasteiger partial charge in [-0.05, 0) is 43.7 Å². The van der Waals surface area contributed by atoms with E-state index >= 15 is 0 Å². The molecule has 16 heavy (non-hydrogen) atoms. The van der Waals surface area contributed by atoms with Gasteiger partial charge in [-0.1, -0.05) is 37.6 Å². The Morgan fingerprint density at radius 3 is 2.75 bits per heavy atom. The Hall–Kier alpha value is -0.820. The maximum Gasteiger partial charge on any atom is 0.0328 e. The first-order chi connectivity index (χ1) is 7.74. The highest BCUT2D eigenvalue weighted by Crippen LogP contribution is 2.32. The third-order valence-corrected chi connectivity index (χ3v) is 3.80. The van der Waals surface area contributed by atoms with E-state index in [0.29, 0.717) is 12.1 Å². The van der Waals surface area contributed by atoms with Gasteiger partial charge in [-0.25, -0.2) is 0 Å². The molecule has 0 amide bonds. The molecule has 88 valence electrons. The molecule has 1 unspecified atom stereocenters. The van der Waals surface area contributed by atoms with Crippen LogP contribution in [0.2, 0.25) is 0 Å². The van der Waals surface area contributed by atoms with Gasteiger partial charge in [-0.3, -0.25) is 0 Å². The molecule has 1 nitrogen and oxygen atoms in total. The van der Waals surface area contributed by atoms with Gasteiger partial charge in [0.1, 0.15) is 0 Å². The van der Waals surface area contributed by atoms with E-state index < -0.39 is 0 Å². The standard InChI is InChI=1S/C15H23N/c1-4-13(5-2)16-15-9-8-12-7-6-11(3)10-14(12)15/h6-7,10,13,15-16H,4-5,8-9H2,1-3H3. The normalized spacial score (nSPS) is 19.1. The molecule has 0 saturated heterocycles. The number of hydrogen-bond acceptors (Lipinski definition) is 1. The van der Waals surface area contributed by atoms with E-state index in [9.17, 15) is 0 Å². The summed E-state index contributed by atoms with van der Waals surface area (Å²) >= 11 is 0. The zero-order valence-corrected chi connectivity index (χ0v) is 10.7. The van der Waals surface area contributed by atoms with Crippen molar-refractivity contribution in [3.8, 4) is 0 Å². The van der Waals surface area contributed by atoms with Crippen LogP contribution in [0.3, 0.4) is 0 Å². The summed E-state index contributed by atoms with van der Waals surface area (Å²) in [6.45, 7) is 6.73. The van der Waals surface area contributed by atoms with E-state index in [-0.39, 0.29) is 0 Å². The number of rotatable bonds is 4. The minimum atomic E-state index is 0.597. The van der Waals surface area contributed by atoms with Crippen molar-refractivity contribution >= 4 is 0 Å². The lowest BCUT2D eigenvalue weighted by Gasteiger charge is -2.21. The first-order valence-corrected chi connectivity index (χ1v) is 6.60. The van der Waals surface area contributed by atoms with E-state index in [2.05, 4.69) is 44.3 Å². The molecule has 0 aromatic heterocycles. The Labute approximate surface area is 99.3 Å². The van der Waals surface area contributed by atoms with Crippen LogP contribution in [0.25, 0.3) is 0 Å². The first kappa shape index (κ1) is 11.7. The summed E-state index contributed by atoms with van der Waals surface area (Å²) in [5.41, 5.74) is 4.48. The lowest BCUT2D eigenvalue weighted by molar-refractivity contribution is 0.413. The van der Waals surface area contributed by atoms with Crippen molar-refractivity contribution in [2.75, 3.05) is 0 Å². The number of benzene rings is 1. The molecule has 0 heterocycles. The number of hydrogen-bond donors (Lipinski definition) is 1. The molecule has 1 N–H and O–H groups in total. The van der Waals surface area contributed by atoms with Gasteiger partial charge in [-0.15, -0.1) is 0 Å². The van der Waals surface area contributed by atoms with Crippen molar-refractivity contribution < 1.29 is 0 Å². The highest BCUT2D eigenvalue weighted by Gasteiger charge is 2.23. The summed E-state index contributed by atoms with van der Waals surface area (Å²) in [5, 5.41) is 3.80. The highest BCUT2D eigenvalue weighted by molar-refractivity contribution is 5.37. The topological polar surface area (TPSA) is 12.0 Å². The van der Waals surface area contributed by atoms with Crippen molar-refractivity contribution in [3.63, 3.8) is 0 Å². The fourth-order valence-corrected chi connectivity index (χ4v) is 2.70. The molecule has 0 spiro atoms.